The number of phenols is 1. The van der Waals surface area contributed by atoms with Crippen LogP contribution in [0.15, 0.2) is 102 Å². The van der Waals surface area contributed by atoms with Crippen molar-refractivity contribution in [2.24, 2.45) is 22.7 Å². The maximum atomic E-state index is 10.3. The minimum absolute atomic E-state index is 0.0616. The first kappa shape index (κ1) is 39.8. The highest BCUT2D eigenvalue weighted by molar-refractivity contribution is 7.15. The molecule has 3 fully saturated rings. The summed E-state index contributed by atoms with van der Waals surface area (Å²) in [4.78, 5) is 11.9. The summed E-state index contributed by atoms with van der Waals surface area (Å²) in [6.07, 6.45) is 9.10. The van der Waals surface area contributed by atoms with Gasteiger partial charge in [0.2, 0.25) is 0 Å². The van der Waals surface area contributed by atoms with Crippen LogP contribution in [0.1, 0.15) is 130 Å². The van der Waals surface area contributed by atoms with Crippen LogP contribution in [0.5, 0.6) is 5.75 Å². The number of anilines is 1. The molecule has 1 saturated carbocycles. The lowest BCUT2D eigenvalue weighted by Crippen LogP contribution is -2.48. The van der Waals surface area contributed by atoms with E-state index in [1.54, 1.807) is 0 Å². The molecule has 5 aliphatic rings. The van der Waals surface area contributed by atoms with Crippen molar-refractivity contribution >= 4 is 22.7 Å². The number of likely N-dealkylation sites (tertiary alicyclic amines) is 1. The highest BCUT2D eigenvalue weighted by Gasteiger charge is 2.36. The fourth-order valence-corrected chi connectivity index (χ4v) is 13.1. The van der Waals surface area contributed by atoms with Crippen LogP contribution in [-0.4, -0.2) is 63.2 Å². The molecule has 1 N–H and O–H groups in total. The number of aromatic hydroxyl groups is 1. The van der Waals surface area contributed by atoms with E-state index in [0.29, 0.717) is 23.5 Å². The summed E-state index contributed by atoms with van der Waals surface area (Å²) in [6.45, 7) is 14.6. The number of phenolic OH excluding ortho intramolecular Hbond substituents is 1. The molecule has 62 heavy (non-hydrogen) atoms. The van der Waals surface area contributed by atoms with E-state index in [9.17, 15) is 5.11 Å². The average molecular weight is 841 g/mol. The summed E-state index contributed by atoms with van der Waals surface area (Å²) in [6, 6.07) is 35.9. The van der Waals surface area contributed by atoms with Crippen molar-refractivity contribution in [2.75, 3.05) is 37.6 Å². The maximum absolute atomic E-state index is 10.3. The molecule has 3 atom stereocenters. The summed E-state index contributed by atoms with van der Waals surface area (Å²) < 4.78 is 2.22. The Labute approximate surface area is 371 Å². The Morgan fingerprint density at radius 3 is 2.21 bits per heavy atom. The molecule has 4 aromatic carbocycles. The van der Waals surface area contributed by atoms with Gasteiger partial charge in [-0.25, -0.2) is 0 Å². The number of benzene rings is 4. The van der Waals surface area contributed by atoms with Crippen LogP contribution >= 0.6 is 11.3 Å². The van der Waals surface area contributed by atoms with E-state index in [1.165, 1.54) is 125 Å². The molecule has 11 rings (SSSR count). The van der Waals surface area contributed by atoms with Crippen molar-refractivity contribution in [1.29, 1.82) is 0 Å². The lowest BCUT2D eigenvalue weighted by Gasteiger charge is -2.45. The van der Waals surface area contributed by atoms with Gasteiger partial charge in [-0.05, 0) is 141 Å². The minimum Gasteiger partial charge on any atom is -0.508 e. The van der Waals surface area contributed by atoms with Crippen LogP contribution in [0.2, 0.25) is 0 Å². The van der Waals surface area contributed by atoms with Gasteiger partial charge in [0.25, 0.3) is 0 Å². The largest absolute Gasteiger partial charge is 0.508 e. The zero-order valence-electron chi connectivity index (χ0n) is 36.8. The van der Waals surface area contributed by atoms with E-state index in [2.05, 4.69) is 130 Å². The van der Waals surface area contributed by atoms with Crippen molar-refractivity contribution in [3.8, 4) is 10.8 Å². The van der Waals surface area contributed by atoms with Gasteiger partial charge in [0.05, 0.1) is 5.71 Å². The molecule has 6 aromatic rings. The second kappa shape index (κ2) is 16.3. The lowest BCUT2D eigenvalue weighted by atomic mass is 9.69. The standard InChI is InChI=1S/C54H60N6OS/c1-33-35(3)62-54-50(33)52(55-34(2)53-57-56-36(4)60(53)54)43-18-21-46(22-19-43)59-29-39(30-59)26-37-10-12-38(13-11-37)28-58-31-45(32-58)40-14-16-42(17-15-40)51-48(41-8-6-5-7-9-41)24-20-44-27-47(61)23-25-49(44)51/h5-9,14-19,21-23,25,27,34,37-39,45,48,51,61H,10-13,20,24,26,28-32H2,1-4H3/t34-,37?,38?,48+,51-/m0/s1. The first-order chi connectivity index (χ1) is 30.2. The highest BCUT2D eigenvalue weighted by Crippen LogP contribution is 2.48. The average Bonchev–Trinajstić information content (AvgIpc) is 3.75. The minimum atomic E-state index is -0.0616. The summed E-state index contributed by atoms with van der Waals surface area (Å²) in [5.74, 6) is 6.17. The Balaban J connectivity index is 0.647. The number of thiophene rings is 1. The molecule has 8 heteroatoms. The van der Waals surface area contributed by atoms with Gasteiger partial charge >= 0.3 is 0 Å². The van der Waals surface area contributed by atoms with Crippen LogP contribution < -0.4 is 4.90 Å². The highest BCUT2D eigenvalue weighted by atomic mass is 32.1. The summed E-state index contributed by atoms with van der Waals surface area (Å²) >= 11 is 1.82. The molecule has 0 spiro atoms. The van der Waals surface area contributed by atoms with Crippen molar-refractivity contribution in [3.05, 3.63) is 158 Å². The van der Waals surface area contributed by atoms with Crippen molar-refractivity contribution in [1.82, 2.24) is 19.7 Å². The summed E-state index contributed by atoms with van der Waals surface area (Å²) in [7, 11) is 0. The van der Waals surface area contributed by atoms with Gasteiger partial charge in [0.15, 0.2) is 5.82 Å². The Kier molecular flexibility index (Phi) is 10.4. The quantitative estimate of drug-likeness (QED) is 0.157. The van der Waals surface area contributed by atoms with Gasteiger partial charge in [0.1, 0.15) is 22.6 Å². The number of fused-ring (bicyclic) bond motifs is 4. The molecule has 318 valence electrons. The van der Waals surface area contributed by atoms with E-state index in [1.807, 2.05) is 30.4 Å². The van der Waals surface area contributed by atoms with Crippen LogP contribution in [0.25, 0.3) is 5.00 Å². The normalized spacial score (nSPS) is 24.0. The topological polar surface area (TPSA) is 69.8 Å². The number of hydrogen-bond acceptors (Lipinski definition) is 7. The van der Waals surface area contributed by atoms with Crippen molar-refractivity contribution in [3.63, 3.8) is 0 Å². The second-order valence-corrected chi connectivity index (χ2v) is 20.7. The first-order valence-corrected chi connectivity index (χ1v) is 24.2. The van der Waals surface area contributed by atoms with E-state index in [-0.39, 0.29) is 6.04 Å². The molecule has 2 aliphatic carbocycles. The van der Waals surface area contributed by atoms with Gasteiger partial charge < -0.3 is 14.9 Å². The maximum Gasteiger partial charge on any atom is 0.162 e. The predicted molar refractivity (Wildman–Crippen MR) is 253 cm³/mol. The Morgan fingerprint density at radius 1 is 0.726 bits per heavy atom. The monoisotopic (exact) mass is 840 g/mol. The van der Waals surface area contributed by atoms with E-state index < -0.39 is 0 Å². The van der Waals surface area contributed by atoms with Crippen LogP contribution in [0.3, 0.4) is 0 Å². The Morgan fingerprint density at radius 2 is 1.45 bits per heavy atom. The fraction of sp³-hybridized carbons (Fsp3) is 0.426. The molecule has 5 heterocycles. The smallest absolute Gasteiger partial charge is 0.162 e. The predicted octanol–water partition coefficient (Wildman–Crippen LogP) is 11.5. The molecule has 7 nitrogen and oxygen atoms in total. The fourth-order valence-electron chi connectivity index (χ4n) is 11.9. The third kappa shape index (κ3) is 7.31. The van der Waals surface area contributed by atoms with Gasteiger partial charge in [0, 0.05) is 66.3 Å². The molecular weight excluding hydrogens is 781 g/mol. The van der Waals surface area contributed by atoms with Crippen LogP contribution in [-0.2, 0) is 6.42 Å². The molecule has 0 radical (unpaired) electrons. The van der Waals surface area contributed by atoms with Gasteiger partial charge in [-0.1, -0.05) is 85.6 Å². The Bertz CT molecular complexity index is 2590. The number of aryl methyl sites for hydroxylation is 3. The second-order valence-electron chi connectivity index (χ2n) is 19.5. The molecule has 2 saturated heterocycles. The Hall–Kier alpha value is -5.05. The molecular formula is C54H60N6OS. The first-order valence-electron chi connectivity index (χ1n) is 23.4. The zero-order chi connectivity index (χ0) is 42.1. The third-order valence-electron chi connectivity index (χ3n) is 15.5. The number of hydrogen-bond donors (Lipinski definition) is 1. The number of nitrogens with zero attached hydrogens (tertiary/aromatic N) is 6. The molecule has 2 aromatic heterocycles. The van der Waals surface area contributed by atoms with Crippen LogP contribution in [0.4, 0.5) is 5.69 Å². The summed E-state index contributed by atoms with van der Waals surface area (Å²) in [5.41, 5.74) is 13.1. The number of rotatable bonds is 9. The molecule has 0 amide bonds. The van der Waals surface area contributed by atoms with Gasteiger partial charge in [-0.2, -0.15) is 0 Å². The van der Waals surface area contributed by atoms with Crippen molar-refractivity contribution < 1.29 is 5.11 Å². The van der Waals surface area contributed by atoms with Crippen LogP contribution in [0, 0.1) is 38.5 Å². The molecule has 3 aliphatic heterocycles. The lowest BCUT2D eigenvalue weighted by molar-refractivity contribution is 0.100. The molecule has 0 bridgehead atoms. The van der Waals surface area contributed by atoms with E-state index in [0.717, 1.165) is 48.0 Å². The van der Waals surface area contributed by atoms with Crippen molar-refractivity contribution in [2.45, 2.75) is 96.4 Å². The van der Waals surface area contributed by atoms with E-state index >= 15 is 0 Å². The van der Waals surface area contributed by atoms with Gasteiger partial charge in [-0.3, -0.25) is 9.56 Å². The van der Waals surface area contributed by atoms with Gasteiger partial charge in [-0.15, -0.1) is 21.5 Å². The van der Waals surface area contributed by atoms with E-state index in [4.69, 9.17) is 4.99 Å². The number of aromatic nitrogens is 3. The SMILES string of the molecule is Cc1sc2c(c1C)C(c1ccc(N3CC(CC4CCC(CN5CC(c6ccc([C@@H]7c8ccc(O)cc8CC[C@@H]7c7ccccc7)cc6)C5)CC4)C3)cc1)=N[C@@H](C)c1nnc(C)n1-2. The third-order valence-corrected chi connectivity index (χ3v) is 16.7. The summed E-state index contributed by atoms with van der Waals surface area (Å²) in [5, 5.41) is 20.4. The molecule has 0 unspecified atom stereocenters. The zero-order valence-corrected chi connectivity index (χ0v) is 37.6. The number of aliphatic imine (C=N–C) groups is 1.